The van der Waals surface area contributed by atoms with Crippen molar-refractivity contribution in [1.29, 1.82) is 0 Å². The number of aromatic nitrogens is 1. The fourth-order valence-corrected chi connectivity index (χ4v) is 2.83. The minimum absolute atomic E-state index is 0.0105. The number of halogens is 2. The van der Waals surface area contributed by atoms with Gasteiger partial charge in [0.1, 0.15) is 5.82 Å². The summed E-state index contributed by atoms with van der Waals surface area (Å²) >= 11 is 5.99. The van der Waals surface area contributed by atoms with Gasteiger partial charge in [-0.05, 0) is 30.7 Å². The first kappa shape index (κ1) is 19.6. The topological polar surface area (TPSA) is 81.4 Å². The van der Waals surface area contributed by atoms with E-state index in [4.69, 9.17) is 20.8 Å². The molecule has 0 radical (unpaired) electrons. The van der Waals surface area contributed by atoms with Crippen LogP contribution >= 0.6 is 11.6 Å². The normalized spacial score (nSPS) is 10.5. The summed E-state index contributed by atoms with van der Waals surface area (Å²) in [6, 6.07) is 10.6. The van der Waals surface area contributed by atoms with Crippen LogP contribution in [0.2, 0.25) is 5.02 Å². The lowest BCUT2D eigenvalue weighted by molar-refractivity contribution is 0.0520. The van der Waals surface area contributed by atoms with E-state index in [2.05, 4.69) is 10.3 Å². The summed E-state index contributed by atoms with van der Waals surface area (Å²) in [5.74, 6) is -1.37. The lowest BCUT2D eigenvalue weighted by Crippen LogP contribution is -2.23. The van der Waals surface area contributed by atoms with Gasteiger partial charge in [-0.25, -0.2) is 14.2 Å². The highest BCUT2D eigenvalue weighted by molar-refractivity contribution is 6.31. The van der Waals surface area contributed by atoms with Gasteiger partial charge >= 0.3 is 5.97 Å². The third kappa shape index (κ3) is 4.20. The van der Waals surface area contributed by atoms with Crippen LogP contribution in [0.3, 0.4) is 0 Å². The van der Waals surface area contributed by atoms with Crippen molar-refractivity contribution in [2.75, 3.05) is 6.61 Å². The first-order valence-corrected chi connectivity index (χ1v) is 8.81. The number of oxazole rings is 1. The van der Waals surface area contributed by atoms with E-state index < -0.39 is 17.7 Å². The maximum absolute atomic E-state index is 13.2. The highest BCUT2D eigenvalue weighted by atomic mass is 35.5. The van der Waals surface area contributed by atoms with Gasteiger partial charge in [0, 0.05) is 17.1 Å². The van der Waals surface area contributed by atoms with Crippen LogP contribution < -0.4 is 5.32 Å². The Morgan fingerprint density at radius 3 is 2.79 bits per heavy atom. The van der Waals surface area contributed by atoms with Crippen molar-refractivity contribution in [2.24, 2.45) is 0 Å². The van der Waals surface area contributed by atoms with Crippen molar-refractivity contribution >= 4 is 23.5 Å². The highest BCUT2D eigenvalue weighted by Gasteiger charge is 2.23. The minimum Gasteiger partial charge on any atom is -0.461 e. The molecule has 0 bridgehead atoms. The molecule has 2 aromatic carbocycles. The molecule has 0 aliphatic rings. The molecule has 8 heteroatoms. The fourth-order valence-electron chi connectivity index (χ4n) is 2.60. The number of carbonyl (C=O) groups is 2. The van der Waals surface area contributed by atoms with Gasteiger partial charge in [0.05, 0.1) is 12.2 Å². The first-order chi connectivity index (χ1) is 13.5. The zero-order valence-electron chi connectivity index (χ0n) is 14.9. The lowest BCUT2D eigenvalue weighted by Gasteiger charge is -2.10. The summed E-state index contributed by atoms with van der Waals surface area (Å²) in [4.78, 5) is 28.7. The van der Waals surface area contributed by atoms with Crippen molar-refractivity contribution < 1.29 is 23.1 Å². The second-order valence-electron chi connectivity index (χ2n) is 5.71. The van der Waals surface area contributed by atoms with E-state index in [1.807, 2.05) is 0 Å². The third-order valence-corrected chi connectivity index (χ3v) is 4.26. The second kappa shape index (κ2) is 8.67. The standard InChI is InChI=1S/C20H16ClFN2O4/c1-2-27-20(26)17-18(28-11-24-17)14-5-3-4-6-15(14)19(25)23-10-12-7-8-13(22)9-16(12)21/h3-9,11H,2,10H2,1H3,(H,23,25). The molecule has 0 aliphatic heterocycles. The zero-order chi connectivity index (χ0) is 20.1. The molecule has 0 saturated heterocycles. The Hall–Kier alpha value is -3.19. The quantitative estimate of drug-likeness (QED) is 0.623. The average molecular weight is 403 g/mol. The van der Waals surface area contributed by atoms with Crippen LogP contribution in [0.25, 0.3) is 11.3 Å². The summed E-state index contributed by atoms with van der Waals surface area (Å²) in [5.41, 5.74) is 1.23. The van der Waals surface area contributed by atoms with Gasteiger partial charge in [-0.2, -0.15) is 0 Å². The van der Waals surface area contributed by atoms with Crippen LogP contribution in [0.15, 0.2) is 53.3 Å². The highest BCUT2D eigenvalue weighted by Crippen LogP contribution is 2.27. The van der Waals surface area contributed by atoms with Crippen molar-refractivity contribution in [3.05, 3.63) is 76.5 Å². The van der Waals surface area contributed by atoms with Gasteiger partial charge in [-0.3, -0.25) is 4.79 Å². The van der Waals surface area contributed by atoms with Gasteiger partial charge < -0.3 is 14.5 Å². The third-order valence-electron chi connectivity index (χ3n) is 3.91. The van der Waals surface area contributed by atoms with Crippen molar-refractivity contribution in [2.45, 2.75) is 13.5 Å². The Kier molecular flexibility index (Phi) is 6.06. The number of nitrogens with zero attached hydrogens (tertiary/aromatic N) is 1. The van der Waals surface area contributed by atoms with Gasteiger partial charge in [0.25, 0.3) is 5.91 Å². The number of rotatable bonds is 6. The molecule has 1 amide bonds. The SMILES string of the molecule is CCOC(=O)c1ncoc1-c1ccccc1C(=O)NCc1ccc(F)cc1Cl. The Morgan fingerprint density at radius 2 is 2.04 bits per heavy atom. The molecule has 1 heterocycles. The molecule has 0 fully saturated rings. The van der Waals surface area contributed by atoms with Crippen LogP contribution in [-0.2, 0) is 11.3 Å². The number of hydrogen-bond acceptors (Lipinski definition) is 5. The minimum atomic E-state index is -0.639. The molecule has 0 saturated carbocycles. The monoisotopic (exact) mass is 402 g/mol. The molecule has 6 nitrogen and oxygen atoms in total. The molecule has 0 aliphatic carbocycles. The van der Waals surface area contributed by atoms with Crippen molar-refractivity contribution in [3.63, 3.8) is 0 Å². The van der Waals surface area contributed by atoms with Crippen LogP contribution in [0.5, 0.6) is 0 Å². The zero-order valence-corrected chi connectivity index (χ0v) is 15.6. The van der Waals surface area contributed by atoms with E-state index >= 15 is 0 Å². The second-order valence-corrected chi connectivity index (χ2v) is 6.12. The molecule has 3 aromatic rings. The van der Waals surface area contributed by atoms with Gasteiger partial charge in [0.15, 0.2) is 17.8 Å². The maximum Gasteiger partial charge on any atom is 0.360 e. The number of amides is 1. The smallest absolute Gasteiger partial charge is 0.360 e. The van der Waals surface area contributed by atoms with E-state index in [1.54, 1.807) is 31.2 Å². The lowest BCUT2D eigenvalue weighted by atomic mass is 10.0. The van der Waals surface area contributed by atoms with Gasteiger partial charge in [-0.1, -0.05) is 35.9 Å². The Labute approximate surface area is 165 Å². The summed E-state index contributed by atoms with van der Waals surface area (Å²) in [6.07, 6.45) is 1.12. The van der Waals surface area contributed by atoms with Gasteiger partial charge in [0.2, 0.25) is 0 Å². The van der Waals surface area contributed by atoms with Crippen LogP contribution in [-0.4, -0.2) is 23.5 Å². The maximum atomic E-state index is 13.2. The van der Waals surface area contributed by atoms with Gasteiger partial charge in [-0.15, -0.1) is 0 Å². The first-order valence-electron chi connectivity index (χ1n) is 8.43. The Morgan fingerprint density at radius 1 is 1.25 bits per heavy atom. The number of ether oxygens (including phenoxy) is 1. The number of benzene rings is 2. The summed E-state index contributed by atoms with van der Waals surface area (Å²) in [5, 5.41) is 2.94. The summed E-state index contributed by atoms with van der Waals surface area (Å²) < 4.78 is 23.5. The van der Waals surface area contributed by atoms with E-state index in [0.29, 0.717) is 11.1 Å². The number of nitrogens with one attached hydrogen (secondary N) is 1. The van der Waals surface area contributed by atoms with E-state index in [1.165, 1.54) is 18.2 Å². The number of carbonyl (C=O) groups excluding carboxylic acids is 2. The Balaban J connectivity index is 1.85. The molecule has 1 aromatic heterocycles. The van der Waals surface area contributed by atoms with Crippen LogP contribution in [0, 0.1) is 5.82 Å². The fraction of sp³-hybridized carbons (Fsp3) is 0.150. The van der Waals surface area contributed by atoms with E-state index in [-0.39, 0.29) is 35.2 Å². The van der Waals surface area contributed by atoms with Crippen LogP contribution in [0.4, 0.5) is 4.39 Å². The predicted octanol–water partition coefficient (Wildman–Crippen LogP) is 4.24. The van der Waals surface area contributed by atoms with Crippen molar-refractivity contribution in [3.8, 4) is 11.3 Å². The molecule has 3 rings (SSSR count). The summed E-state index contributed by atoms with van der Waals surface area (Å²) in [6.45, 7) is 1.97. The molecule has 144 valence electrons. The Bertz CT molecular complexity index is 1020. The summed E-state index contributed by atoms with van der Waals surface area (Å²) in [7, 11) is 0. The van der Waals surface area contributed by atoms with Crippen molar-refractivity contribution in [1.82, 2.24) is 10.3 Å². The predicted molar refractivity (Wildman–Crippen MR) is 100 cm³/mol. The number of hydrogen-bond donors (Lipinski definition) is 1. The van der Waals surface area contributed by atoms with Crippen LogP contribution in [0.1, 0.15) is 33.3 Å². The average Bonchev–Trinajstić information content (AvgIpc) is 3.17. The molecule has 0 spiro atoms. The molecule has 0 unspecified atom stereocenters. The molecule has 0 atom stereocenters. The molecular formula is C20H16ClFN2O4. The van der Waals surface area contributed by atoms with E-state index in [0.717, 1.165) is 6.39 Å². The number of esters is 1. The van der Waals surface area contributed by atoms with E-state index in [9.17, 15) is 14.0 Å². The largest absolute Gasteiger partial charge is 0.461 e. The molecule has 28 heavy (non-hydrogen) atoms. The molecular weight excluding hydrogens is 387 g/mol. The molecule has 1 N–H and O–H groups in total.